The van der Waals surface area contributed by atoms with Crippen molar-refractivity contribution in [3.8, 4) is 23.3 Å². The highest BCUT2D eigenvalue weighted by molar-refractivity contribution is 5.91. The molecule has 0 unspecified atom stereocenters. The van der Waals surface area contributed by atoms with Crippen molar-refractivity contribution in [3.63, 3.8) is 0 Å². The number of hydrogen-bond acceptors (Lipinski definition) is 3. The molecule has 0 atom stereocenters. The molecule has 0 saturated heterocycles. The van der Waals surface area contributed by atoms with Crippen molar-refractivity contribution in [2.24, 2.45) is 0 Å². The zero-order valence-corrected chi connectivity index (χ0v) is 16.0. The summed E-state index contributed by atoms with van der Waals surface area (Å²) < 4.78 is 51.8. The average Bonchev–Trinajstić information content (AvgIpc) is 2.68. The van der Waals surface area contributed by atoms with Gasteiger partial charge in [0.25, 0.3) is 0 Å². The molecule has 3 rings (SSSR count). The molecule has 29 heavy (non-hydrogen) atoms. The molecule has 1 aliphatic rings. The van der Waals surface area contributed by atoms with E-state index in [4.69, 9.17) is 9.47 Å². The molecule has 0 N–H and O–H groups in total. The first-order chi connectivity index (χ1) is 13.8. The number of carbonyl (C=O) groups excluding carboxylic acids is 1. The third-order valence-corrected chi connectivity index (χ3v) is 4.80. The van der Waals surface area contributed by atoms with Gasteiger partial charge in [-0.15, -0.1) is 5.92 Å². The minimum atomic E-state index is -4.62. The van der Waals surface area contributed by atoms with Crippen LogP contribution in [-0.4, -0.2) is 11.6 Å². The Bertz CT molecular complexity index is 918. The van der Waals surface area contributed by atoms with E-state index in [9.17, 15) is 18.0 Å². The molecule has 0 aliphatic heterocycles. The molecule has 3 nitrogen and oxygen atoms in total. The van der Waals surface area contributed by atoms with Gasteiger partial charge in [0.05, 0.1) is 11.1 Å². The summed E-state index contributed by atoms with van der Waals surface area (Å²) in [5.41, 5.74) is -1.93. The summed E-state index contributed by atoms with van der Waals surface area (Å²) >= 11 is 0. The van der Waals surface area contributed by atoms with E-state index < -0.39 is 29.1 Å². The van der Waals surface area contributed by atoms with Gasteiger partial charge < -0.3 is 9.47 Å². The largest absolute Gasteiger partial charge is 0.474 e. The van der Waals surface area contributed by atoms with Gasteiger partial charge in [-0.1, -0.05) is 30.5 Å². The molecule has 0 bridgehead atoms. The molecule has 152 valence electrons. The summed E-state index contributed by atoms with van der Waals surface area (Å²) in [4.78, 5) is 12.4. The fourth-order valence-electron chi connectivity index (χ4n) is 3.44. The molecule has 0 amide bonds. The molecular weight excluding hydrogens is 381 g/mol. The van der Waals surface area contributed by atoms with Gasteiger partial charge in [0.1, 0.15) is 11.5 Å². The van der Waals surface area contributed by atoms with Crippen LogP contribution in [0.5, 0.6) is 11.5 Å². The van der Waals surface area contributed by atoms with Crippen molar-refractivity contribution < 1.29 is 27.4 Å². The van der Waals surface area contributed by atoms with E-state index in [2.05, 4.69) is 11.8 Å². The fraction of sp³-hybridized carbons (Fsp3) is 0.348. The number of hydrogen-bond donors (Lipinski definition) is 0. The summed E-state index contributed by atoms with van der Waals surface area (Å²) in [7, 11) is 0. The van der Waals surface area contributed by atoms with Gasteiger partial charge >= 0.3 is 12.1 Å². The van der Waals surface area contributed by atoms with Crippen molar-refractivity contribution in [2.75, 3.05) is 0 Å². The number of ether oxygens (including phenoxy) is 2. The lowest BCUT2D eigenvalue weighted by molar-refractivity contribution is -0.139. The zero-order valence-electron chi connectivity index (χ0n) is 16.0. The van der Waals surface area contributed by atoms with E-state index in [1.54, 1.807) is 37.3 Å². The Morgan fingerprint density at radius 2 is 1.72 bits per heavy atom. The van der Waals surface area contributed by atoms with Gasteiger partial charge in [0.15, 0.2) is 5.60 Å². The topological polar surface area (TPSA) is 35.5 Å². The monoisotopic (exact) mass is 402 g/mol. The zero-order chi connectivity index (χ0) is 20.9. The summed E-state index contributed by atoms with van der Waals surface area (Å²) in [5, 5.41) is 0. The standard InChI is InChI=1S/C23H21F3O3/c1-2-13-22(14-7-4-8-15-22)29-20-16-17(11-12-19(20)23(24,25)26)21(27)28-18-9-5-3-6-10-18/h3,5-6,9-12,16H,4,7-8,14-15H2,1H3. The van der Waals surface area contributed by atoms with Gasteiger partial charge in [-0.05, 0) is 62.9 Å². The first-order valence-corrected chi connectivity index (χ1v) is 9.44. The van der Waals surface area contributed by atoms with Crippen molar-refractivity contribution in [1.29, 1.82) is 0 Å². The molecule has 1 aliphatic carbocycles. The Morgan fingerprint density at radius 1 is 1.03 bits per heavy atom. The van der Waals surface area contributed by atoms with Gasteiger partial charge in [0, 0.05) is 0 Å². The van der Waals surface area contributed by atoms with Crippen LogP contribution in [-0.2, 0) is 6.18 Å². The predicted octanol–water partition coefficient (Wildman–Crippen LogP) is 6.03. The third kappa shape index (κ3) is 5.11. The maximum atomic E-state index is 13.6. The highest BCUT2D eigenvalue weighted by Gasteiger charge is 2.39. The molecule has 6 heteroatoms. The van der Waals surface area contributed by atoms with Crippen molar-refractivity contribution in [1.82, 2.24) is 0 Å². The van der Waals surface area contributed by atoms with Crippen LogP contribution in [0.2, 0.25) is 0 Å². The highest BCUT2D eigenvalue weighted by Crippen LogP contribution is 2.41. The molecule has 2 aromatic rings. The quantitative estimate of drug-likeness (QED) is 0.356. The molecule has 1 saturated carbocycles. The molecule has 1 fully saturated rings. The van der Waals surface area contributed by atoms with Crippen molar-refractivity contribution >= 4 is 5.97 Å². The number of esters is 1. The Hall–Kier alpha value is -2.94. The second-order valence-corrected chi connectivity index (χ2v) is 6.94. The summed E-state index contributed by atoms with van der Waals surface area (Å²) in [6.45, 7) is 1.64. The molecule has 0 heterocycles. The maximum Gasteiger partial charge on any atom is 0.419 e. The van der Waals surface area contributed by atoms with Crippen LogP contribution in [0.1, 0.15) is 54.9 Å². The molecule has 0 spiro atoms. The highest BCUT2D eigenvalue weighted by atomic mass is 19.4. The smallest absolute Gasteiger partial charge is 0.419 e. The van der Waals surface area contributed by atoms with E-state index in [0.717, 1.165) is 37.5 Å². The first-order valence-electron chi connectivity index (χ1n) is 9.44. The minimum absolute atomic E-state index is 0.0210. The van der Waals surface area contributed by atoms with Gasteiger partial charge in [-0.2, -0.15) is 13.2 Å². The van der Waals surface area contributed by atoms with Crippen LogP contribution >= 0.6 is 0 Å². The number of para-hydroxylation sites is 1. The number of rotatable bonds is 4. The Morgan fingerprint density at radius 3 is 2.34 bits per heavy atom. The maximum absolute atomic E-state index is 13.6. The second-order valence-electron chi connectivity index (χ2n) is 6.94. The van der Waals surface area contributed by atoms with Gasteiger partial charge in [-0.3, -0.25) is 0 Å². The normalized spacial score (nSPS) is 15.7. The number of benzene rings is 2. The van der Waals surface area contributed by atoms with E-state index in [1.165, 1.54) is 0 Å². The summed E-state index contributed by atoms with van der Waals surface area (Å²) in [5.74, 6) is 4.89. The Balaban J connectivity index is 1.95. The Kier molecular flexibility index (Phi) is 6.17. The van der Waals surface area contributed by atoms with Crippen molar-refractivity contribution in [2.45, 2.75) is 50.8 Å². The van der Waals surface area contributed by atoms with Gasteiger partial charge in [0.2, 0.25) is 0 Å². The molecular formula is C23H21F3O3. The molecule has 0 aromatic heterocycles. The lowest BCUT2D eigenvalue weighted by Gasteiger charge is -2.34. The number of alkyl halides is 3. The first kappa shape index (κ1) is 20.8. The lowest BCUT2D eigenvalue weighted by atomic mass is 9.85. The lowest BCUT2D eigenvalue weighted by Crippen LogP contribution is -2.37. The summed E-state index contributed by atoms with van der Waals surface area (Å²) in [6.07, 6.45) is -0.885. The molecule has 0 radical (unpaired) electrons. The van der Waals surface area contributed by atoms with Crippen LogP contribution in [0.15, 0.2) is 48.5 Å². The number of halogens is 3. The average molecular weight is 402 g/mol. The van der Waals surface area contributed by atoms with Crippen molar-refractivity contribution in [3.05, 3.63) is 59.7 Å². The van der Waals surface area contributed by atoms with Crippen LogP contribution in [0, 0.1) is 11.8 Å². The van der Waals surface area contributed by atoms with Gasteiger partial charge in [-0.25, -0.2) is 4.79 Å². The summed E-state index contributed by atoms with van der Waals surface area (Å²) in [6, 6.07) is 11.4. The van der Waals surface area contributed by atoms with E-state index >= 15 is 0 Å². The SMILES string of the molecule is CC#CC1(Oc2cc(C(=O)Oc3ccccc3)ccc2C(F)(F)F)CCCCC1. The minimum Gasteiger partial charge on any atom is -0.474 e. The Labute approximate surface area is 167 Å². The van der Waals surface area contributed by atoms with Crippen LogP contribution in [0.3, 0.4) is 0 Å². The van der Waals surface area contributed by atoms with E-state index in [1.807, 2.05) is 0 Å². The van der Waals surface area contributed by atoms with E-state index in [-0.39, 0.29) is 5.56 Å². The van der Waals surface area contributed by atoms with Crippen LogP contribution in [0.4, 0.5) is 13.2 Å². The third-order valence-electron chi connectivity index (χ3n) is 4.80. The second kappa shape index (κ2) is 8.60. The predicted molar refractivity (Wildman–Crippen MR) is 103 cm³/mol. The van der Waals surface area contributed by atoms with Crippen LogP contribution < -0.4 is 9.47 Å². The number of carbonyl (C=O) groups is 1. The molecule has 2 aromatic carbocycles. The van der Waals surface area contributed by atoms with E-state index in [0.29, 0.717) is 18.6 Å². The fourth-order valence-corrected chi connectivity index (χ4v) is 3.44. The van der Waals surface area contributed by atoms with Crippen LogP contribution in [0.25, 0.3) is 0 Å².